The maximum Gasteiger partial charge on any atom is 0.126 e. The van der Waals surface area contributed by atoms with Crippen molar-refractivity contribution < 1.29 is 13.9 Å². The number of aryl methyl sites for hydroxylation is 1. The summed E-state index contributed by atoms with van der Waals surface area (Å²) in [5.41, 5.74) is 0.583. The number of hydrogen-bond acceptors (Lipinski definition) is 2. The minimum absolute atomic E-state index is 0.000602. The Bertz CT molecular complexity index is 525. The molecule has 1 unspecified atom stereocenters. The summed E-state index contributed by atoms with van der Waals surface area (Å²) < 4.78 is 27.8. The average Bonchev–Trinajstić information content (AvgIpc) is 2.70. The third-order valence-electron chi connectivity index (χ3n) is 2.50. The lowest BCUT2D eigenvalue weighted by atomic mass is 10.1. The Morgan fingerprint density at radius 1 is 1.35 bits per heavy atom. The van der Waals surface area contributed by atoms with Gasteiger partial charge in [0.1, 0.15) is 17.7 Å². The maximum atomic E-state index is 13.3. The molecule has 1 atom stereocenters. The second-order valence-electron chi connectivity index (χ2n) is 3.87. The van der Waals surface area contributed by atoms with E-state index in [2.05, 4.69) is 5.10 Å². The number of hydrogen-bond donors (Lipinski definition) is 1. The van der Waals surface area contributed by atoms with Crippen LogP contribution in [0.3, 0.4) is 0 Å². The monoisotopic (exact) mass is 238 g/mol. The fourth-order valence-corrected chi connectivity index (χ4v) is 1.62. The summed E-state index contributed by atoms with van der Waals surface area (Å²) in [4.78, 5) is 0. The van der Waals surface area contributed by atoms with E-state index in [1.54, 1.807) is 24.0 Å². The van der Waals surface area contributed by atoms with Crippen LogP contribution in [0.15, 0.2) is 30.5 Å². The molecule has 0 aliphatic rings. The molecular weight excluding hydrogens is 226 g/mol. The molecule has 1 aromatic heterocycles. The van der Waals surface area contributed by atoms with Gasteiger partial charge in [-0.2, -0.15) is 5.10 Å². The van der Waals surface area contributed by atoms with Crippen LogP contribution < -0.4 is 0 Å². The third kappa shape index (κ3) is 2.68. The largest absolute Gasteiger partial charge is 0.386 e. The van der Waals surface area contributed by atoms with Crippen LogP contribution in [0, 0.1) is 11.6 Å². The van der Waals surface area contributed by atoms with Crippen LogP contribution in [0.25, 0.3) is 0 Å². The fraction of sp³-hybridized carbons (Fsp3) is 0.250. The number of halogens is 2. The zero-order valence-corrected chi connectivity index (χ0v) is 9.27. The summed E-state index contributed by atoms with van der Waals surface area (Å²) in [5, 5.41) is 13.8. The van der Waals surface area contributed by atoms with Crippen LogP contribution in [0.5, 0.6) is 0 Å². The number of aliphatic hydroxyl groups excluding tert-OH is 1. The average molecular weight is 238 g/mol. The quantitative estimate of drug-likeness (QED) is 0.887. The molecule has 0 amide bonds. The zero-order chi connectivity index (χ0) is 12.4. The Balaban J connectivity index is 2.18. The minimum atomic E-state index is -0.938. The van der Waals surface area contributed by atoms with Gasteiger partial charge in [0, 0.05) is 19.7 Å². The number of aromatic nitrogens is 2. The highest BCUT2D eigenvalue weighted by Gasteiger charge is 2.14. The molecule has 2 aromatic rings. The van der Waals surface area contributed by atoms with E-state index >= 15 is 0 Å². The molecule has 0 fully saturated rings. The molecule has 3 nitrogen and oxygen atoms in total. The van der Waals surface area contributed by atoms with Crippen LogP contribution >= 0.6 is 0 Å². The van der Waals surface area contributed by atoms with Gasteiger partial charge >= 0.3 is 0 Å². The molecule has 0 spiro atoms. The van der Waals surface area contributed by atoms with Crippen molar-refractivity contribution in [2.75, 3.05) is 0 Å². The lowest BCUT2D eigenvalue weighted by molar-refractivity contribution is 0.171. The normalized spacial score (nSPS) is 12.7. The smallest absolute Gasteiger partial charge is 0.126 e. The molecule has 2 rings (SSSR count). The first-order valence-electron chi connectivity index (χ1n) is 5.18. The number of aliphatic hydroxyl groups is 1. The molecule has 5 heteroatoms. The van der Waals surface area contributed by atoms with Gasteiger partial charge in [0.05, 0.1) is 5.69 Å². The molecule has 17 heavy (non-hydrogen) atoms. The van der Waals surface area contributed by atoms with E-state index in [9.17, 15) is 13.9 Å². The Hall–Kier alpha value is -1.75. The summed E-state index contributed by atoms with van der Waals surface area (Å²) in [6, 6.07) is 4.82. The lowest BCUT2D eigenvalue weighted by Crippen LogP contribution is -2.05. The summed E-state index contributed by atoms with van der Waals surface area (Å²) in [6.45, 7) is 0. The van der Waals surface area contributed by atoms with Gasteiger partial charge in [-0.1, -0.05) is 0 Å². The first-order chi connectivity index (χ1) is 8.06. The predicted octanol–water partition coefficient (Wildman–Crippen LogP) is 1.97. The summed E-state index contributed by atoms with van der Waals surface area (Å²) in [6.07, 6.45) is 0.744. The second-order valence-corrected chi connectivity index (χ2v) is 3.87. The van der Waals surface area contributed by atoms with Crippen LogP contribution in [-0.4, -0.2) is 14.9 Å². The minimum Gasteiger partial charge on any atom is -0.386 e. The van der Waals surface area contributed by atoms with E-state index in [4.69, 9.17) is 0 Å². The van der Waals surface area contributed by atoms with Crippen LogP contribution in [-0.2, 0) is 13.5 Å². The zero-order valence-electron chi connectivity index (χ0n) is 9.27. The van der Waals surface area contributed by atoms with Crippen molar-refractivity contribution in [1.82, 2.24) is 9.78 Å². The van der Waals surface area contributed by atoms with Gasteiger partial charge in [-0.15, -0.1) is 0 Å². The molecule has 0 saturated heterocycles. The van der Waals surface area contributed by atoms with Crippen LogP contribution in [0.2, 0.25) is 0 Å². The number of rotatable bonds is 3. The lowest BCUT2D eigenvalue weighted by Gasteiger charge is -2.08. The van der Waals surface area contributed by atoms with E-state index in [0.29, 0.717) is 5.69 Å². The van der Waals surface area contributed by atoms with Gasteiger partial charge in [-0.05, 0) is 29.8 Å². The topological polar surface area (TPSA) is 38.0 Å². The van der Waals surface area contributed by atoms with Crippen molar-refractivity contribution in [3.05, 3.63) is 53.4 Å². The number of benzene rings is 1. The van der Waals surface area contributed by atoms with Crippen molar-refractivity contribution in [3.8, 4) is 0 Å². The van der Waals surface area contributed by atoms with Gasteiger partial charge in [-0.3, -0.25) is 4.68 Å². The Kier molecular flexibility index (Phi) is 3.19. The van der Waals surface area contributed by atoms with Crippen molar-refractivity contribution in [2.24, 2.45) is 7.05 Å². The Morgan fingerprint density at radius 3 is 2.76 bits per heavy atom. The molecule has 0 bridgehead atoms. The predicted molar refractivity (Wildman–Crippen MR) is 58.2 cm³/mol. The van der Waals surface area contributed by atoms with E-state index in [0.717, 1.165) is 18.2 Å². The van der Waals surface area contributed by atoms with Crippen molar-refractivity contribution in [1.29, 1.82) is 0 Å². The molecule has 0 saturated carbocycles. The summed E-state index contributed by atoms with van der Waals surface area (Å²) in [5.74, 6) is -1.05. The molecule has 1 N–H and O–H groups in total. The van der Waals surface area contributed by atoms with E-state index in [1.807, 2.05) is 0 Å². The van der Waals surface area contributed by atoms with Crippen molar-refractivity contribution in [3.63, 3.8) is 0 Å². The summed E-state index contributed by atoms with van der Waals surface area (Å²) >= 11 is 0. The first kappa shape index (κ1) is 11.7. The first-order valence-corrected chi connectivity index (χ1v) is 5.18. The van der Waals surface area contributed by atoms with Gasteiger partial charge in [0.15, 0.2) is 0 Å². The SMILES string of the molecule is Cn1ccc(C(O)Cc2cc(F)ccc2F)n1. The standard InChI is InChI=1S/C12H12F2N2O/c1-16-5-4-11(15-16)12(17)7-8-6-9(13)2-3-10(8)14/h2-6,12,17H,7H2,1H3. The third-order valence-corrected chi connectivity index (χ3v) is 2.50. The highest BCUT2D eigenvalue weighted by molar-refractivity contribution is 5.21. The molecule has 0 aliphatic carbocycles. The molecular formula is C12H12F2N2O. The Morgan fingerprint density at radius 2 is 2.12 bits per heavy atom. The molecule has 0 radical (unpaired) electrons. The van der Waals surface area contributed by atoms with Gasteiger partial charge in [0.25, 0.3) is 0 Å². The Labute approximate surface area is 97.3 Å². The maximum absolute atomic E-state index is 13.3. The van der Waals surface area contributed by atoms with Gasteiger partial charge < -0.3 is 5.11 Å². The molecule has 90 valence electrons. The van der Waals surface area contributed by atoms with Crippen molar-refractivity contribution in [2.45, 2.75) is 12.5 Å². The van der Waals surface area contributed by atoms with Gasteiger partial charge in [-0.25, -0.2) is 8.78 Å². The molecule has 1 heterocycles. The van der Waals surface area contributed by atoms with Gasteiger partial charge in [0.2, 0.25) is 0 Å². The van der Waals surface area contributed by atoms with E-state index in [1.165, 1.54) is 0 Å². The molecule has 0 aliphatic heterocycles. The summed E-state index contributed by atoms with van der Waals surface area (Å²) in [7, 11) is 1.72. The van der Waals surface area contributed by atoms with Crippen molar-refractivity contribution >= 4 is 0 Å². The second kappa shape index (κ2) is 4.63. The van der Waals surface area contributed by atoms with E-state index < -0.39 is 17.7 Å². The van der Waals surface area contributed by atoms with Crippen LogP contribution in [0.1, 0.15) is 17.4 Å². The highest BCUT2D eigenvalue weighted by Crippen LogP contribution is 2.19. The molecule has 1 aromatic carbocycles. The number of nitrogens with zero attached hydrogens (tertiary/aromatic N) is 2. The van der Waals surface area contributed by atoms with Crippen LogP contribution in [0.4, 0.5) is 8.78 Å². The van der Waals surface area contributed by atoms with E-state index in [-0.39, 0.29) is 12.0 Å². The fourth-order valence-electron chi connectivity index (χ4n) is 1.62. The highest BCUT2D eigenvalue weighted by atomic mass is 19.1.